The minimum atomic E-state index is -0.679. The maximum absolute atomic E-state index is 13.0. The number of nitrogens with two attached hydrogens (primary N) is 2. The Kier molecular flexibility index (Phi) is 2.72. The highest BCUT2D eigenvalue weighted by molar-refractivity contribution is 6.30. The van der Waals surface area contributed by atoms with Crippen LogP contribution in [0, 0.1) is 5.82 Å². The highest BCUT2D eigenvalue weighted by Crippen LogP contribution is 2.21. The van der Waals surface area contributed by atoms with E-state index < -0.39 is 11.7 Å². The molecular formula is C10H8ClFN4O. The first-order valence-electron chi connectivity index (χ1n) is 4.59. The molecule has 0 aliphatic carbocycles. The van der Waals surface area contributed by atoms with Crippen LogP contribution in [0.3, 0.4) is 0 Å². The quantitative estimate of drug-likeness (QED) is 0.848. The van der Waals surface area contributed by atoms with Gasteiger partial charge in [-0.05, 0) is 18.2 Å². The van der Waals surface area contributed by atoms with Gasteiger partial charge in [-0.15, -0.1) is 0 Å². The van der Waals surface area contributed by atoms with Crippen molar-refractivity contribution in [2.24, 2.45) is 5.73 Å². The Morgan fingerprint density at radius 3 is 2.71 bits per heavy atom. The molecule has 0 unspecified atom stereocenters. The van der Waals surface area contributed by atoms with E-state index in [0.717, 1.165) is 0 Å². The molecule has 0 saturated carbocycles. The Bertz CT molecular complexity index is 596. The van der Waals surface area contributed by atoms with Crippen molar-refractivity contribution in [2.45, 2.75) is 0 Å². The summed E-state index contributed by atoms with van der Waals surface area (Å²) in [5.41, 5.74) is 11.3. The van der Waals surface area contributed by atoms with Crippen LogP contribution < -0.4 is 11.5 Å². The summed E-state index contributed by atoms with van der Waals surface area (Å²) in [6, 6.07) is 3.98. The van der Waals surface area contributed by atoms with E-state index in [1.807, 2.05) is 0 Å². The number of halogens is 2. The summed E-state index contributed by atoms with van der Waals surface area (Å²) in [7, 11) is 0. The van der Waals surface area contributed by atoms with Crippen molar-refractivity contribution in [1.29, 1.82) is 0 Å². The SMILES string of the molecule is NC(=O)c1cnn(-c2ccc(F)c(Cl)c2)c1N. The molecule has 0 saturated heterocycles. The van der Waals surface area contributed by atoms with Gasteiger partial charge in [0.2, 0.25) is 0 Å². The molecule has 88 valence electrons. The summed E-state index contributed by atoms with van der Waals surface area (Å²) < 4.78 is 14.2. The fourth-order valence-corrected chi connectivity index (χ4v) is 1.55. The molecule has 0 radical (unpaired) electrons. The van der Waals surface area contributed by atoms with E-state index in [1.165, 1.54) is 29.1 Å². The zero-order chi connectivity index (χ0) is 12.6. The lowest BCUT2D eigenvalue weighted by Gasteiger charge is -2.05. The molecular weight excluding hydrogens is 247 g/mol. The predicted molar refractivity (Wildman–Crippen MR) is 61.5 cm³/mol. The van der Waals surface area contributed by atoms with Crippen LogP contribution in [0.2, 0.25) is 5.02 Å². The molecule has 0 fully saturated rings. The molecule has 7 heteroatoms. The molecule has 0 aliphatic rings. The third-order valence-electron chi connectivity index (χ3n) is 2.22. The lowest BCUT2D eigenvalue weighted by molar-refractivity contribution is 0.100. The molecule has 1 aromatic carbocycles. The van der Waals surface area contributed by atoms with E-state index in [-0.39, 0.29) is 16.4 Å². The summed E-state index contributed by atoms with van der Waals surface area (Å²) in [6.45, 7) is 0. The van der Waals surface area contributed by atoms with Gasteiger partial charge in [0.1, 0.15) is 17.2 Å². The van der Waals surface area contributed by atoms with Gasteiger partial charge < -0.3 is 11.5 Å². The second-order valence-corrected chi connectivity index (χ2v) is 3.73. The first-order chi connectivity index (χ1) is 8.00. The Morgan fingerprint density at radius 2 is 2.18 bits per heavy atom. The zero-order valence-corrected chi connectivity index (χ0v) is 9.28. The molecule has 17 heavy (non-hydrogen) atoms. The second kappa shape index (κ2) is 4.06. The van der Waals surface area contributed by atoms with Crippen molar-refractivity contribution >= 4 is 23.3 Å². The predicted octanol–water partition coefficient (Wildman–Crippen LogP) is 1.35. The minimum absolute atomic E-state index is 0.0574. The Balaban J connectivity index is 2.53. The van der Waals surface area contributed by atoms with Gasteiger partial charge in [-0.3, -0.25) is 4.79 Å². The number of carbonyl (C=O) groups excluding carboxylic acids is 1. The number of nitrogen functional groups attached to an aromatic ring is 1. The fraction of sp³-hybridized carbons (Fsp3) is 0. The smallest absolute Gasteiger partial charge is 0.254 e. The van der Waals surface area contributed by atoms with Gasteiger partial charge in [0, 0.05) is 0 Å². The lowest BCUT2D eigenvalue weighted by Crippen LogP contribution is -2.13. The van der Waals surface area contributed by atoms with Gasteiger partial charge in [-0.2, -0.15) is 5.10 Å². The summed E-state index contributed by atoms with van der Waals surface area (Å²) in [4.78, 5) is 11.0. The summed E-state index contributed by atoms with van der Waals surface area (Å²) in [5, 5.41) is 3.83. The van der Waals surface area contributed by atoms with Gasteiger partial charge in [0.25, 0.3) is 5.91 Å². The van der Waals surface area contributed by atoms with Crippen molar-refractivity contribution in [3.8, 4) is 5.69 Å². The summed E-state index contributed by atoms with van der Waals surface area (Å²) in [6.07, 6.45) is 1.24. The zero-order valence-electron chi connectivity index (χ0n) is 8.52. The normalized spacial score (nSPS) is 10.5. The average molecular weight is 255 g/mol. The Morgan fingerprint density at radius 1 is 1.47 bits per heavy atom. The van der Waals surface area contributed by atoms with E-state index >= 15 is 0 Å². The number of hydrogen-bond donors (Lipinski definition) is 2. The molecule has 0 aliphatic heterocycles. The molecule has 0 spiro atoms. The van der Waals surface area contributed by atoms with Crippen molar-refractivity contribution in [1.82, 2.24) is 9.78 Å². The summed E-state index contributed by atoms with van der Waals surface area (Å²) >= 11 is 5.64. The molecule has 5 nitrogen and oxygen atoms in total. The van der Waals surface area contributed by atoms with Crippen LogP contribution in [0.1, 0.15) is 10.4 Å². The van der Waals surface area contributed by atoms with E-state index in [9.17, 15) is 9.18 Å². The van der Waals surface area contributed by atoms with Crippen LogP contribution in [0.5, 0.6) is 0 Å². The van der Waals surface area contributed by atoms with Gasteiger partial charge in [0.05, 0.1) is 16.9 Å². The van der Waals surface area contributed by atoms with Crippen LogP contribution in [0.25, 0.3) is 5.69 Å². The highest BCUT2D eigenvalue weighted by atomic mass is 35.5. The number of primary amides is 1. The average Bonchev–Trinajstić information content (AvgIpc) is 2.64. The van der Waals surface area contributed by atoms with Crippen LogP contribution in [-0.2, 0) is 0 Å². The molecule has 2 aromatic rings. The van der Waals surface area contributed by atoms with Crippen LogP contribution >= 0.6 is 11.6 Å². The largest absolute Gasteiger partial charge is 0.383 e. The topological polar surface area (TPSA) is 86.9 Å². The number of rotatable bonds is 2. The van der Waals surface area contributed by atoms with E-state index in [1.54, 1.807) is 0 Å². The highest BCUT2D eigenvalue weighted by Gasteiger charge is 2.13. The fourth-order valence-electron chi connectivity index (χ4n) is 1.37. The number of benzene rings is 1. The Hall–Kier alpha value is -2.08. The van der Waals surface area contributed by atoms with E-state index in [2.05, 4.69) is 5.10 Å². The van der Waals surface area contributed by atoms with Crippen molar-refractivity contribution < 1.29 is 9.18 Å². The van der Waals surface area contributed by atoms with Crippen LogP contribution in [0.15, 0.2) is 24.4 Å². The number of carbonyl (C=O) groups is 1. The summed E-state index contributed by atoms with van der Waals surface area (Å²) in [5.74, 6) is -1.14. The molecule has 4 N–H and O–H groups in total. The van der Waals surface area contributed by atoms with Crippen LogP contribution in [0.4, 0.5) is 10.2 Å². The number of hydrogen-bond acceptors (Lipinski definition) is 3. The first kappa shape index (κ1) is 11.4. The van der Waals surface area contributed by atoms with Crippen LogP contribution in [-0.4, -0.2) is 15.7 Å². The number of aromatic nitrogens is 2. The number of anilines is 1. The van der Waals surface area contributed by atoms with Crippen molar-refractivity contribution in [3.05, 3.63) is 40.8 Å². The standard InChI is InChI=1S/C10H8ClFN4O/c11-7-3-5(1-2-8(7)12)16-9(13)6(4-15-16)10(14)17/h1-4H,13H2,(H2,14,17). The maximum Gasteiger partial charge on any atom is 0.254 e. The first-order valence-corrected chi connectivity index (χ1v) is 4.97. The van der Waals surface area contributed by atoms with E-state index in [0.29, 0.717) is 5.69 Å². The third-order valence-corrected chi connectivity index (χ3v) is 2.51. The van der Waals surface area contributed by atoms with Gasteiger partial charge >= 0.3 is 0 Å². The molecule has 1 heterocycles. The van der Waals surface area contributed by atoms with Gasteiger partial charge in [-0.1, -0.05) is 11.6 Å². The van der Waals surface area contributed by atoms with Gasteiger partial charge in [-0.25, -0.2) is 9.07 Å². The molecule has 1 amide bonds. The number of nitrogens with zero attached hydrogens (tertiary/aromatic N) is 2. The molecule has 0 atom stereocenters. The minimum Gasteiger partial charge on any atom is -0.383 e. The third kappa shape index (κ3) is 1.94. The monoisotopic (exact) mass is 254 g/mol. The van der Waals surface area contributed by atoms with E-state index in [4.69, 9.17) is 23.1 Å². The Labute approximate surface area is 101 Å². The lowest BCUT2D eigenvalue weighted by atomic mass is 10.3. The number of amides is 1. The molecule has 2 rings (SSSR count). The maximum atomic E-state index is 13.0. The molecule has 0 bridgehead atoms. The van der Waals surface area contributed by atoms with Crippen molar-refractivity contribution in [2.75, 3.05) is 5.73 Å². The molecule has 1 aromatic heterocycles. The van der Waals surface area contributed by atoms with Gasteiger partial charge in [0.15, 0.2) is 0 Å². The second-order valence-electron chi connectivity index (χ2n) is 3.32. The van der Waals surface area contributed by atoms with Crippen molar-refractivity contribution in [3.63, 3.8) is 0 Å².